The van der Waals surface area contributed by atoms with Crippen LogP contribution < -0.4 is 0 Å². The fraction of sp³-hybridized carbons (Fsp3) is 0.800. The lowest BCUT2D eigenvalue weighted by molar-refractivity contribution is -0.120. The number of ketones is 1. The number of carbonyl (C=O) groups is 1. The van der Waals surface area contributed by atoms with Crippen LogP contribution in [0.3, 0.4) is 0 Å². The van der Waals surface area contributed by atoms with Crippen molar-refractivity contribution >= 4 is 5.78 Å². The predicted octanol–water partition coefficient (Wildman–Crippen LogP) is 0.828. The van der Waals surface area contributed by atoms with Crippen LogP contribution in [0.5, 0.6) is 0 Å². The van der Waals surface area contributed by atoms with Crippen molar-refractivity contribution in [2.75, 3.05) is 33.4 Å². The smallest absolute Gasteiger partial charge is 0.146 e. The number of rotatable bonds is 8. The maximum Gasteiger partial charge on any atom is 0.146 e. The Morgan fingerprint density at radius 2 is 2.21 bits per heavy atom. The fourth-order valence-electron chi connectivity index (χ4n) is 1.06. The summed E-state index contributed by atoms with van der Waals surface area (Å²) in [5, 5.41) is 8.44. The number of hydrogen-bond donors (Lipinski definition) is 0. The normalized spacial score (nSPS) is 10.1. The first-order valence-electron chi connectivity index (χ1n) is 4.84. The van der Waals surface area contributed by atoms with Crippen LogP contribution in [-0.4, -0.2) is 44.0 Å². The van der Waals surface area contributed by atoms with Crippen molar-refractivity contribution in [2.45, 2.75) is 19.8 Å². The average molecular weight is 198 g/mol. The van der Waals surface area contributed by atoms with Gasteiger partial charge in [-0.2, -0.15) is 5.26 Å². The zero-order chi connectivity index (χ0) is 10.8. The molecule has 0 heterocycles. The monoisotopic (exact) mass is 198 g/mol. The average Bonchev–Trinajstić information content (AvgIpc) is 2.21. The second kappa shape index (κ2) is 8.67. The van der Waals surface area contributed by atoms with E-state index in [9.17, 15) is 4.79 Å². The van der Waals surface area contributed by atoms with Crippen LogP contribution in [-0.2, 0) is 9.53 Å². The second-order valence-corrected chi connectivity index (χ2v) is 3.07. The number of Topliss-reactive ketones (excluding diaryl/α,β-unsaturated/α-hetero) is 1. The number of ether oxygens (including phenoxy) is 1. The molecule has 0 radical (unpaired) electrons. The molecule has 0 rings (SSSR count). The largest absolute Gasteiger partial charge is 0.383 e. The molecule has 80 valence electrons. The predicted molar refractivity (Wildman–Crippen MR) is 53.8 cm³/mol. The SMILES string of the molecule is CCC(=O)CN(CCC#N)CCOC. The Morgan fingerprint density at radius 1 is 1.50 bits per heavy atom. The summed E-state index contributed by atoms with van der Waals surface area (Å²) in [5.74, 6) is 0.207. The van der Waals surface area contributed by atoms with Crippen molar-refractivity contribution in [1.82, 2.24) is 4.90 Å². The molecule has 4 heteroatoms. The number of nitriles is 1. The highest BCUT2D eigenvalue weighted by molar-refractivity contribution is 5.80. The van der Waals surface area contributed by atoms with Crippen molar-refractivity contribution in [3.05, 3.63) is 0 Å². The van der Waals surface area contributed by atoms with Gasteiger partial charge < -0.3 is 4.74 Å². The highest BCUT2D eigenvalue weighted by Crippen LogP contribution is 1.94. The molecule has 0 unspecified atom stereocenters. The zero-order valence-electron chi connectivity index (χ0n) is 8.95. The summed E-state index contributed by atoms with van der Waals surface area (Å²) in [6.07, 6.45) is 1.01. The molecular weight excluding hydrogens is 180 g/mol. The van der Waals surface area contributed by atoms with Crippen LogP contribution >= 0.6 is 0 Å². The Balaban J connectivity index is 3.84. The molecular formula is C10H18N2O2. The molecule has 0 saturated carbocycles. The van der Waals surface area contributed by atoms with Crippen LogP contribution in [0.1, 0.15) is 19.8 Å². The first kappa shape index (κ1) is 13.1. The highest BCUT2D eigenvalue weighted by Gasteiger charge is 2.08. The molecule has 0 fully saturated rings. The van der Waals surface area contributed by atoms with E-state index in [0.717, 1.165) is 0 Å². The summed E-state index contributed by atoms with van der Waals surface area (Å²) < 4.78 is 4.93. The van der Waals surface area contributed by atoms with Gasteiger partial charge in [0.15, 0.2) is 0 Å². The highest BCUT2D eigenvalue weighted by atomic mass is 16.5. The molecule has 0 atom stereocenters. The fourth-order valence-corrected chi connectivity index (χ4v) is 1.06. The Bertz CT molecular complexity index is 199. The van der Waals surface area contributed by atoms with Gasteiger partial charge >= 0.3 is 0 Å². The van der Waals surface area contributed by atoms with E-state index in [1.54, 1.807) is 7.11 Å². The molecule has 0 spiro atoms. The first-order valence-corrected chi connectivity index (χ1v) is 4.84. The zero-order valence-corrected chi connectivity index (χ0v) is 8.95. The second-order valence-electron chi connectivity index (χ2n) is 3.07. The lowest BCUT2D eigenvalue weighted by atomic mass is 10.3. The van der Waals surface area contributed by atoms with Gasteiger partial charge in [-0.15, -0.1) is 0 Å². The van der Waals surface area contributed by atoms with E-state index in [1.165, 1.54) is 0 Å². The van der Waals surface area contributed by atoms with E-state index in [4.69, 9.17) is 10.00 Å². The van der Waals surface area contributed by atoms with Crippen LogP contribution in [0.2, 0.25) is 0 Å². The molecule has 0 aromatic carbocycles. The molecule has 0 aromatic heterocycles. The van der Waals surface area contributed by atoms with Gasteiger partial charge in [0.05, 0.1) is 19.2 Å². The maximum absolute atomic E-state index is 11.2. The number of nitrogens with zero attached hydrogens (tertiary/aromatic N) is 2. The molecule has 0 aliphatic carbocycles. The maximum atomic E-state index is 11.2. The van der Waals surface area contributed by atoms with E-state index in [-0.39, 0.29) is 5.78 Å². The molecule has 0 amide bonds. The molecule has 14 heavy (non-hydrogen) atoms. The molecule has 0 aliphatic rings. The lowest BCUT2D eigenvalue weighted by Crippen LogP contribution is -2.33. The van der Waals surface area contributed by atoms with Crippen molar-refractivity contribution in [2.24, 2.45) is 0 Å². The molecule has 0 bridgehead atoms. The van der Waals surface area contributed by atoms with Crippen molar-refractivity contribution in [3.63, 3.8) is 0 Å². The standard InChI is InChI=1S/C10H18N2O2/c1-3-10(13)9-12(6-4-5-11)7-8-14-2/h3-4,6-9H2,1-2H3. The first-order chi connectivity index (χ1) is 6.74. The van der Waals surface area contributed by atoms with Crippen LogP contribution in [0, 0.1) is 11.3 Å². The summed E-state index contributed by atoms with van der Waals surface area (Å²) in [6.45, 7) is 4.24. The summed E-state index contributed by atoms with van der Waals surface area (Å²) in [4.78, 5) is 13.1. The Labute approximate surface area is 85.5 Å². The molecule has 4 nitrogen and oxygen atoms in total. The van der Waals surface area contributed by atoms with Gasteiger partial charge in [0.25, 0.3) is 0 Å². The molecule has 0 aromatic rings. The summed E-state index contributed by atoms with van der Waals surface area (Å²) in [7, 11) is 1.63. The third-order valence-electron chi connectivity index (χ3n) is 1.95. The Morgan fingerprint density at radius 3 is 2.71 bits per heavy atom. The van der Waals surface area contributed by atoms with Crippen molar-refractivity contribution in [3.8, 4) is 6.07 Å². The third-order valence-corrected chi connectivity index (χ3v) is 1.95. The van der Waals surface area contributed by atoms with E-state index in [2.05, 4.69) is 6.07 Å². The molecule has 0 N–H and O–H groups in total. The molecule has 0 saturated heterocycles. The van der Waals surface area contributed by atoms with Crippen LogP contribution in [0.25, 0.3) is 0 Å². The van der Waals surface area contributed by atoms with Gasteiger partial charge in [-0.1, -0.05) is 6.92 Å². The minimum absolute atomic E-state index is 0.207. The van der Waals surface area contributed by atoms with E-state index < -0.39 is 0 Å². The number of hydrogen-bond acceptors (Lipinski definition) is 4. The lowest BCUT2D eigenvalue weighted by Gasteiger charge is -2.19. The Kier molecular flexibility index (Phi) is 8.10. The van der Waals surface area contributed by atoms with E-state index >= 15 is 0 Å². The van der Waals surface area contributed by atoms with E-state index in [0.29, 0.717) is 39.1 Å². The summed E-state index contributed by atoms with van der Waals surface area (Å²) >= 11 is 0. The van der Waals surface area contributed by atoms with Gasteiger partial charge in [0.2, 0.25) is 0 Å². The van der Waals surface area contributed by atoms with Crippen molar-refractivity contribution < 1.29 is 9.53 Å². The van der Waals surface area contributed by atoms with Gasteiger partial charge in [0.1, 0.15) is 5.78 Å². The molecule has 0 aliphatic heterocycles. The third kappa shape index (κ3) is 6.58. The van der Waals surface area contributed by atoms with Gasteiger partial charge in [-0.3, -0.25) is 9.69 Å². The van der Waals surface area contributed by atoms with Gasteiger partial charge in [0, 0.05) is 33.0 Å². The quantitative estimate of drug-likeness (QED) is 0.579. The van der Waals surface area contributed by atoms with E-state index in [1.807, 2.05) is 11.8 Å². The van der Waals surface area contributed by atoms with Gasteiger partial charge in [-0.05, 0) is 0 Å². The van der Waals surface area contributed by atoms with Crippen LogP contribution in [0.4, 0.5) is 0 Å². The number of carbonyl (C=O) groups excluding carboxylic acids is 1. The summed E-state index contributed by atoms with van der Waals surface area (Å²) in [6, 6.07) is 2.07. The van der Waals surface area contributed by atoms with Gasteiger partial charge in [-0.25, -0.2) is 0 Å². The van der Waals surface area contributed by atoms with Crippen LogP contribution in [0.15, 0.2) is 0 Å². The topological polar surface area (TPSA) is 53.3 Å². The minimum atomic E-state index is 0.207. The van der Waals surface area contributed by atoms with Crippen molar-refractivity contribution in [1.29, 1.82) is 5.26 Å². The summed E-state index contributed by atoms with van der Waals surface area (Å²) in [5.41, 5.74) is 0. The number of methoxy groups -OCH3 is 1. The minimum Gasteiger partial charge on any atom is -0.383 e. The Hall–Kier alpha value is -0.920.